The van der Waals surface area contributed by atoms with Crippen molar-refractivity contribution in [1.29, 1.82) is 0 Å². The van der Waals surface area contributed by atoms with Crippen LogP contribution in [0.2, 0.25) is 0 Å². The van der Waals surface area contributed by atoms with Crippen LogP contribution in [0.3, 0.4) is 0 Å². The lowest BCUT2D eigenvalue weighted by Crippen LogP contribution is -2.54. The van der Waals surface area contributed by atoms with E-state index in [2.05, 4.69) is 16.0 Å². The SMILES string of the molecule is CC(C)N[C@@H](C(=O)N[C@@H](CCCNC(N)O)C(=O)C(C)C)C(C)C. The summed E-state index contributed by atoms with van der Waals surface area (Å²) >= 11 is 0. The summed E-state index contributed by atoms with van der Waals surface area (Å²) < 4.78 is 0. The number of carbonyl (C=O) groups is 2. The van der Waals surface area contributed by atoms with Crippen LogP contribution in [0.25, 0.3) is 0 Å². The number of carbonyl (C=O) groups excluding carboxylic acids is 2. The molecule has 0 heterocycles. The average Bonchev–Trinajstić information content (AvgIpc) is 2.45. The van der Waals surface area contributed by atoms with Crippen LogP contribution in [0.1, 0.15) is 54.4 Å². The molecule has 6 N–H and O–H groups in total. The van der Waals surface area contributed by atoms with Gasteiger partial charge in [-0.25, -0.2) is 0 Å². The molecule has 0 spiro atoms. The summed E-state index contributed by atoms with van der Waals surface area (Å²) in [6, 6.07) is -0.682. The summed E-state index contributed by atoms with van der Waals surface area (Å²) in [5.41, 5.74) is 5.22. The number of rotatable bonds is 12. The molecule has 0 rings (SSSR count). The second-order valence-corrected chi connectivity index (χ2v) is 7.20. The van der Waals surface area contributed by atoms with Gasteiger partial charge >= 0.3 is 0 Å². The Kier molecular flexibility index (Phi) is 11.0. The lowest BCUT2D eigenvalue weighted by Gasteiger charge is -2.27. The van der Waals surface area contributed by atoms with Crippen molar-refractivity contribution in [2.75, 3.05) is 6.54 Å². The number of aliphatic hydroxyl groups is 1. The molecule has 0 aromatic rings. The van der Waals surface area contributed by atoms with Crippen LogP contribution in [0.15, 0.2) is 0 Å². The Hall–Kier alpha value is -1.02. The zero-order valence-electron chi connectivity index (χ0n) is 15.9. The second kappa shape index (κ2) is 11.5. The Bertz CT molecular complexity index is 384. The molecular weight excluding hydrogens is 308 g/mol. The quantitative estimate of drug-likeness (QED) is 0.257. The Morgan fingerprint density at radius 3 is 2.08 bits per heavy atom. The fourth-order valence-electron chi connectivity index (χ4n) is 2.44. The maximum atomic E-state index is 12.6. The highest BCUT2D eigenvalue weighted by atomic mass is 16.3. The smallest absolute Gasteiger partial charge is 0.237 e. The van der Waals surface area contributed by atoms with Crippen molar-refractivity contribution in [2.24, 2.45) is 17.6 Å². The van der Waals surface area contributed by atoms with Crippen LogP contribution in [0, 0.1) is 11.8 Å². The first-order chi connectivity index (χ1) is 11.1. The van der Waals surface area contributed by atoms with E-state index in [0.717, 1.165) is 0 Å². The molecule has 24 heavy (non-hydrogen) atoms. The molecule has 0 saturated carbocycles. The van der Waals surface area contributed by atoms with E-state index in [1.807, 2.05) is 41.5 Å². The van der Waals surface area contributed by atoms with Gasteiger partial charge in [0.05, 0.1) is 12.1 Å². The van der Waals surface area contributed by atoms with Crippen molar-refractivity contribution in [3.05, 3.63) is 0 Å². The highest BCUT2D eigenvalue weighted by Gasteiger charge is 2.28. The summed E-state index contributed by atoms with van der Waals surface area (Å²) in [5, 5.41) is 17.8. The Balaban J connectivity index is 4.83. The van der Waals surface area contributed by atoms with Gasteiger partial charge in [0.15, 0.2) is 12.1 Å². The largest absolute Gasteiger partial charge is 0.366 e. The fraction of sp³-hybridized carbons (Fsp3) is 0.882. The molecule has 0 aliphatic carbocycles. The molecule has 0 aromatic carbocycles. The topological polar surface area (TPSA) is 116 Å². The number of aliphatic hydroxyl groups excluding tert-OH is 1. The van der Waals surface area contributed by atoms with Gasteiger partial charge in [0.2, 0.25) is 5.91 Å². The molecule has 1 amide bonds. The standard InChI is InChI=1S/C17H36N4O3/c1-10(2)14(20-12(5)6)16(23)21-13(15(22)11(3)4)8-7-9-19-17(18)24/h10-14,17,19-20,24H,7-9,18H2,1-6H3,(H,21,23)/t13-,14+,17?/m0/s1. The monoisotopic (exact) mass is 344 g/mol. The first-order valence-electron chi connectivity index (χ1n) is 8.83. The summed E-state index contributed by atoms with van der Waals surface area (Å²) in [7, 11) is 0. The first kappa shape index (κ1) is 23.0. The number of hydrogen-bond donors (Lipinski definition) is 5. The summed E-state index contributed by atoms with van der Waals surface area (Å²) in [5.74, 6) is -0.164. The molecule has 142 valence electrons. The number of ketones is 1. The Morgan fingerprint density at radius 1 is 1.08 bits per heavy atom. The van der Waals surface area contributed by atoms with Crippen LogP contribution in [-0.4, -0.2) is 47.8 Å². The minimum absolute atomic E-state index is 0.0173. The summed E-state index contributed by atoms with van der Waals surface area (Å²) in [6.07, 6.45) is 0.0655. The van der Waals surface area contributed by atoms with Crippen LogP contribution >= 0.6 is 0 Å². The van der Waals surface area contributed by atoms with E-state index in [-0.39, 0.29) is 35.6 Å². The minimum atomic E-state index is -1.07. The van der Waals surface area contributed by atoms with Gasteiger partial charge in [0.25, 0.3) is 0 Å². The van der Waals surface area contributed by atoms with E-state index >= 15 is 0 Å². The zero-order valence-corrected chi connectivity index (χ0v) is 15.9. The van der Waals surface area contributed by atoms with Gasteiger partial charge in [0, 0.05) is 12.0 Å². The molecule has 7 heteroatoms. The predicted octanol–water partition coefficient (Wildman–Crippen LogP) is 0.323. The average molecular weight is 345 g/mol. The number of hydrogen-bond acceptors (Lipinski definition) is 6. The Labute approximate surface area is 146 Å². The van der Waals surface area contributed by atoms with Gasteiger partial charge in [-0.3, -0.25) is 20.6 Å². The van der Waals surface area contributed by atoms with E-state index < -0.39 is 12.4 Å². The summed E-state index contributed by atoms with van der Waals surface area (Å²) in [6.45, 7) is 12.1. The zero-order chi connectivity index (χ0) is 18.9. The predicted molar refractivity (Wildman–Crippen MR) is 96.1 cm³/mol. The highest BCUT2D eigenvalue weighted by molar-refractivity contribution is 5.91. The van der Waals surface area contributed by atoms with Crippen LogP contribution < -0.4 is 21.7 Å². The molecule has 0 bridgehead atoms. The molecular formula is C17H36N4O3. The van der Waals surface area contributed by atoms with E-state index in [1.165, 1.54) is 0 Å². The highest BCUT2D eigenvalue weighted by Crippen LogP contribution is 2.09. The Morgan fingerprint density at radius 2 is 1.67 bits per heavy atom. The molecule has 0 fully saturated rings. The third-order valence-electron chi connectivity index (χ3n) is 3.71. The first-order valence-corrected chi connectivity index (χ1v) is 8.83. The van der Waals surface area contributed by atoms with E-state index in [0.29, 0.717) is 19.4 Å². The normalized spacial score (nSPS) is 15.6. The van der Waals surface area contributed by atoms with Crippen molar-refractivity contribution in [2.45, 2.75) is 78.9 Å². The molecule has 0 aliphatic rings. The van der Waals surface area contributed by atoms with Gasteiger partial charge in [-0.2, -0.15) is 0 Å². The fourth-order valence-corrected chi connectivity index (χ4v) is 2.44. The van der Waals surface area contributed by atoms with E-state index in [1.54, 1.807) is 0 Å². The third kappa shape index (κ3) is 9.32. The van der Waals surface area contributed by atoms with Crippen LogP contribution in [0.5, 0.6) is 0 Å². The number of nitrogens with two attached hydrogens (primary N) is 1. The van der Waals surface area contributed by atoms with E-state index in [4.69, 9.17) is 10.8 Å². The maximum absolute atomic E-state index is 12.6. The molecule has 0 radical (unpaired) electrons. The van der Waals surface area contributed by atoms with Crippen molar-refractivity contribution >= 4 is 11.7 Å². The molecule has 0 aromatic heterocycles. The second-order valence-electron chi connectivity index (χ2n) is 7.20. The maximum Gasteiger partial charge on any atom is 0.237 e. The van der Waals surface area contributed by atoms with Gasteiger partial charge in [-0.05, 0) is 25.3 Å². The van der Waals surface area contributed by atoms with Gasteiger partial charge in [-0.1, -0.05) is 41.5 Å². The molecule has 7 nitrogen and oxygen atoms in total. The number of nitrogens with one attached hydrogen (secondary N) is 3. The third-order valence-corrected chi connectivity index (χ3v) is 3.71. The van der Waals surface area contributed by atoms with Crippen molar-refractivity contribution in [3.8, 4) is 0 Å². The van der Waals surface area contributed by atoms with Gasteiger partial charge < -0.3 is 15.7 Å². The van der Waals surface area contributed by atoms with Crippen LogP contribution in [0.4, 0.5) is 0 Å². The lowest BCUT2D eigenvalue weighted by atomic mass is 9.96. The molecule has 0 saturated heterocycles. The molecule has 1 unspecified atom stereocenters. The van der Waals surface area contributed by atoms with Crippen molar-refractivity contribution in [1.82, 2.24) is 16.0 Å². The van der Waals surface area contributed by atoms with Crippen molar-refractivity contribution in [3.63, 3.8) is 0 Å². The van der Waals surface area contributed by atoms with Gasteiger partial charge in [0.1, 0.15) is 0 Å². The number of Topliss-reactive ketones (excluding diaryl/α,β-unsaturated/α-hetero) is 1. The molecule has 3 atom stereocenters. The van der Waals surface area contributed by atoms with Crippen LogP contribution in [-0.2, 0) is 9.59 Å². The number of amides is 1. The molecule has 0 aliphatic heterocycles. The summed E-state index contributed by atoms with van der Waals surface area (Å²) in [4.78, 5) is 25.0. The minimum Gasteiger partial charge on any atom is -0.366 e. The van der Waals surface area contributed by atoms with Crippen molar-refractivity contribution < 1.29 is 14.7 Å². The van der Waals surface area contributed by atoms with E-state index in [9.17, 15) is 9.59 Å². The lowest BCUT2D eigenvalue weighted by molar-refractivity contribution is -0.131. The van der Waals surface area contributed by atoms with Gasteiger partial charge in [-0.15, -0.1) is 0 Å².